The number of hydrogen-bond donors (Lipinski definition) is 2. The van der Waals surface area contributed by atoms with Crippen molar-refractivity contribution in [2.24, 2.45) is 7.05 Å². The molecule has 0 unspecified atom stereocenters. The summed E-state index contributed by atoms with van der Waals surface area (Å²) in [5, 5.41) is 16.3. The zero-order valence-corrected chi connectivity index (χ0v) is 21.2. The number of rotatable bonds is 16. The Kier molecular flexibility index (Phi) is 10.8. The zero-order valence-electron chi connectivity index (χ0n) is 21.2. The summed E-state index contributed by atoms with van der Waals surface area (Å²) in [4.78, 5) is 36.1. The second-order valence-electron chi connectivity index (χ2n) is 9.00. The van der Waals surface area contributed by atoms with Crippen LogP contribution in [0.3, 0.4) is 0 Å². The molecule has 1 heterocycles. The molecule has 1 aromatic carbocycles. The Morgan fingerprint density at radius 3 is 2.34 bits per heavy atom. The minimum absolute atomic E-state index is 0.182. The number of hydrogen-bond acceptors (Lipinski definition) is 7. The minimum Gasteiger partial charge on any atom is -0.494 e. The van der Waals surface area contributed by atoms with Gasteiger partial charge in [-0.2, -0.15) is 0 Å². The van der Waals surface area contributed by atoms with Crippen molar-refractivity contribution in [3.63, 3.8) is 0 Å². The van der Waals surface area contributed by atoms with Gasteiger partial charge in [-0.1, -0.05) is 32.6 Å². The van der Waals surface area contributed by atoms with E-state index in [0.717, 1.165) is 44.9 Å². The van der Waals surface area contributed by atoms with Gasteiger partial charge in [0.25, 0.3) is 5.56 Å². The molecule has 2 aromatic rings. The summed E-state index contributed by atoms with van der Waals surface area (Å²) < 4.78 is 13.6. The van der Waals surface area contributed by atoms with Crippen molar-refractivity contribution in [2.45, 2.75) is 77.9 Å². The van der Waals surface area contributed by atoms with Gasteiger partial charge in [-0.15, -0.1) is 5.10 Å². The van der Waals surface area contributed by atoms with E-state index < -0.39 is 17.3 Å². The fraction of sp³-hybridized carbons (Fsp3) is 0.600. The minimum atomic E-state index is -1.31. The predicted molar refractivity (Wildman–Crippen MR) is 135 cm³/mol. The molecule has 0 saturated heterocycles. The molecular formula is C25H38N4O6. The van der Waals surface area contributed by atoms with Crippen LogP contribution in [-0.2, 0) is 18.4 Å². The van der Waals surface area contributed by atoms with Crippen molar-refractivity contribution in [3.05, 3.63) is 45.1 Å². The Hall–Kier alpha value is -3.30. The normalized spacial score (nSPS) is 11.3. The average molecular weight is 491 g/mol. The van der Waals surface area contributed by atoms with Gasteiger partial charge >= 0.3 is 11.7 Å². The highest BCUT2D eigenvalue weighted by Gasteiger charge is 2.29. The maximum absolute atomic E-state index is 12.7. The number of carboxylic acid groups (broad SMARTS) is 1. The molecule has 0 fully saturated rings. The third-order valence-corrected chi connectivity index (χ3v) is 5.53. The highest BCUT2D eigenvalue weighted by molar-refractivity contribution is 5.76. The first-order chi connectivity index (χ1) is 16.7. The molecule has 10 heteroatoms. The van der Waals surface area contributed by atoms with Gasteiger partial charge < -0.3 is 19.9 Å². The Labute approximate surface area is 205 Å². The van der Waals surface area contributed by atoms with E-state index in [2.05, 4.69) is 17.3 Å². The van der Waals surface area contributed by atoms with Crippen LogP contribution in [0.4, 0.5) is 5.82 Å². The summed E-state index contributed by atoms with van der Waals surface area (Å²) in [6.45, 7) is 6.53. The molecule has 2 N–H and O–H groups in total. The maximum atomic E-state index is 12.7. The zero-order chi connectivity index (χ0) is 25.8. The molecule has 0 spiro atoms. The Morgan fingerprint density at radius 2 is 1.69 bits per heavy atom. The molecule has 35 heavy (non-hydrogen) atoms. The Bertz CT molecular complexity index is 1060. The number of unbranched alkanes of at least 4 members (excludes halogenated alkanes) is 5. The number of benzene rings is 1. The number of ether oxygens (including phenoxy) is 2. The van der Waals surface area contributed by atoms with Gasteiger partial charge in [-0.3, -0.25) is 9.36 Å². The lowest BCUT2D eigenvalue weighted by atomic mass is 10.1. The molecule has 0 bridgehead atoms. The van der Waals surface area contributed by atoms with Crippen LogP contribution >= 0.6 is 0 Å². The summed E-state index contributed by atoms with van der Waals surface area (Å²) in [7, 11) is 1.55. The van der Waals surface area contributed by atoms with Crippen LogP contribution in [0.5, 0.6) is 11.5 Å². The maximum Gasteiger partial charge on any atom is 0.347 e. The first kappa shape index (κ1) is 27.9. The van der Waals surface area contributed by atoms with Crippen LogP contribution in [-0.4, -0.2) is 44.2 Å². The number of aromatic nitrogens is 3. The first-order valence-electron chi connectivity index (χ1n) is 12.2. The molecule has 2 rings (SSSR count). The van der Waals surface area contributed by atoms with Gasteiger partial charge in [0.05, 0.1) is 6.61 Å². The van der Waals surface area contributed by atoms with Crippen LogP contribution in [0.1, 0.15) is 65.7 Å². The van der Waals surface area contributed by atoms with Gasteiger partial charge in [0.15, 0.2) is 5.60 Å². The summed E-state index contributed by atoms with van der Waals surface area (Å²) >= 11 is 0. The van der Waals surface area contributed by atoms with Crippen LogP contribution in [0.25, 0.3) is 0 Å². The summed E-state index contributed by atoms with van der Waals surface area (Å²) in [5.74, 6) is 0.243. The molecular weight excluding hydrogens is 452 g/mol. The van der Waals surface area contributed by atoms with Crippen molar-refractivity contribution in [1.29, 1.82) is 0 Å². The molecule has 0 saturated carbocycles. The van der Waals surface area contributed by atoms with Crippen molar-refractivity contribution < 1.29 is 19.4 Å². The van der Waals surface area contributed by atoms with Crippen molar-refractivity contribution in [2.75, 3.05) is 18.5 Å². The van der Waals surface area contributed by atoms with Crippen LogP contribution < -0.4 is 26.0 Å². The van der Waals surface area contributed by atoms with Crippen molar-refractivity contribution >= 4 is 11.8 Å². The summed E-state index contributed by atoms with van der Waals surface area (Å²) in [5.41, 5.74) is -2.09. The highest BCUT2D eigenvalue weighted by Crippen LogP contribution is 2.22. The molecule has 0 aliphatic carbocycles. The molecule has 0 aliphatic heterocycles. The highest BCUT2D eigenvalue weighted by atomic mass is 16.5. The van der Waals surface area contributed by atoms with Crippen molar-refractivity contribution in [1.82, 2.24) is 14.3 Å². The monoisotopic (exact) mass is 490 g/mol. The van der Waals surface area contributed by atoms with Gasteiger partial charge in [0.2, 0.25) is 5.82 Å². The number of carboxylic acids is 1. The molecule has 0 aliphatic rings. The fourth-order valence-corrected chi connectivity index (χ4v) is 3.37. The lowest BCUT2D eigenvalue weighted by Gasteiger charge is -2.21. The topological polar surface area (TPSA) is 125 Å². The van der Waals surface area contributed by atoms with E-state index in [9.17, 15) is 14.4 Å². The Balaban J connectivity index is 1.77. The summed E-state index contributed by atoms with van der Waals surface area (Å²) in [6.07, 6.45) is 6.67. The Morgan fingerprint density at radius 1 is 1.03 bits per heavy atom. The predicted octanol–water partition coefficient (Wildman–Crippen LogP) is 3.43. The smallest absolute Gasteiger partial charge is 0.347 e. The van der Waals surface area contributed by atoms with E-state index in [1.807, 2.05) is 0 Å². The van der Waals surface area contributed by atoms with E-state index >= 15 is 0 Å². The average Bonchev–Trinajstić information content (AvgIpc) is 2.81. The van der Waals surface area contributed by atoms with Crippen molar-refractivity contribution in [3.8, 4) is 11.5 Å². The molecule has 0 radical (unpaired) electrons. The second-order valence-corrected chi connectivity index (χ2v) is 9.00. The van der Waals surface area contributed by atoms with Gasteiger partial charge in [0, 0.05) is 20.1 Å². The molecule has 0 amide bonds. The third kappa shape index (κ3) is 8.77. The third-order valence-electron chi connectivity index (χ3n) is 5.53. The molecule has 0 atom stereocenters. The quantitative estimate of drug-likeness (QED) is 0.343. The SMILES string of the molecule is CCCCCCCn1c(=O)c(NCCCCOc2ccc(OC(C)(C)C(=O)O)cc2)nn(C)c1=O. The molecule has 10 nitrogen and oxygen atoms in total. The number of aryl methyl sites for hydroxylation is 1. The number of aliphatic carboxylic acids is 1. The van der Waals surface area contributed by atoms with Gasteiger partial charge in [-0.05, 0) is 57.4 Å². The van der Waals surface area contributed by atoms with Crippen LogP contribution in [0, 0.1) is 0 Å². The van der Waals surface area contributed by atoms with Crippen LogP contribution in [0.2, 0.25) is 0 Å². The van der Waals surface area contributed by atoms with E-state index in [0.29, 0.717) is 31.2 Å². The van der Waals surface area contributed by atoms with Gasteiger partial charge in [0.1, 0.15) is 11.5 Å². The fourth-order valence-electron chi connectivity index (χ4n) is 3.37. The van der Waals surface area contributed by atoms with E-state index in [-0.39, 0.29) is 11.4 Å². The largest absolute Gasteiger partial charge is 0.494 e. The standard InChI is InChI=1S/C25H38N4O6/c1-5-6-7-8-10-17-29-22(30)21(27-28(4)24(29)33)26-16-9-11-18-34-19-12-14-20(15-13-19)35-25(2,3)23(31)32/h12-15H,5-11,16-18H2,1-4H3,(H,26,27)(H,31,32). The lowest BCUT2D eigenvalue weighted by molar-refractivity contribution is -0.152. The molecule has 194 valence electrons. The second kappa shape index (κ2) is 13.6. The van der Waals surface area contributed by atoms with E-state index in [1.165, 1.54) is 23.1 Å². The lowest BCUT2D eigenvalue weighted by Crippen LogP contribution is -2.41. The number of carbonyl (C=O) groups is 1. The summed E-state index contributed by atoms with van der Waals surface area (Å²) in [6, 6.07) is 6.79. The van der Waals surface area contributed by atoms with E-state index in [4.69, 9.17) is 14.6 Å². The van der Waals surface area contributed by atoms with Crippen LogP contribution in [0.15, 0.2) is 33.9 Å². The number of anilines is 1. The van der Waals surface area contributed by atoms with Gasteiger partial charge in [-0.25, -0.2) is 14.3 Å². The molecule has 1 aromatic heterocycles. The first-order valence-corrected chi connectivity index (χ1v) is 12.2. The number of nitrogens with one attached hydrogen (secondary N) is 1. The number of nitrogens with zero attached hydrogens (tertiary/aromatic N) is 3. The van der Waals surface area contributed by atoms with E-state index in [1.54, 1.807) is 31.3 Å².